The first-order chi connectivity index (χ1) is 11.0. The van der Waals surface area contributed by atoms with Gasteiger partial charge in [0.25, 0.3) is 0 Å². The van der Waals surface area contributed by atoms with Crippen LogP contribution in [0.25, 0.3) is 11.0 Å². The molecule has 126 valence electrons. The van der Waals surface area contributed by atoms with E-state index >= 15 is 0 Å². The third kappa shape index (κ3) is 3.42. The molecule has 0 bridgehead atoms. The van der Waals surface area contributed by atoms with E-state index in [1.54, 1.807) is 12.3 Å². The zero-order valence-electron chi connectivity index (χ0n) is 14.3. The Balaban J connectivity index is 2.64. The molecule has 0 aliphatic rings. The molecule has 23 heavy (non-hydrogen) atoms. The van der Waals surface area contributed by atoms with E-state index in [0.29, 0.717) is 53.5 Å². The van der Waals surface area contributed by atoms with Crippen molar-refractivity contribution in [2.45, 2.75) is 13.8 Å². The predicted molar refractivity (Wildman–Crippen MR) is 88.0 cm³/mol. The molecule has 0 aliphatic carbocycles. The number of furan rings is 1. The maximum atomic E-state index is 12.2. The third-order valence-corrected chi connectivity index (χ3v) is 3.41. The molecule has 0 saturated heterocycles. The third-order valence-electron chi connectivity index (χ3n) is 3.41. The second-order valence-electron chi connectivity index (χ2n) is 5.37. The second kappa shape index (κ2) is 7.37. The number of nitrogens with zero attached hydrogens (tertiary/aromatic N) is 1. The lowest BCUT2D eigenvalue weighted by Gasteiger charge is -2.19. The Labute approximate surface area is 135 Å². The van der Waals surface area contributed by atoms with Crippen LogP contribution in [0, 0.1) is 0 Å². The molecule has 0 aliphatic heterocycles. The minimum Gasteiger partial charge on any atom is -0.492 e. The summed E-state index contributed by atoms with van der Waals surface area (Å²) in [6.45, 7) is 4.92. The number of Topliss-reactive ketones (excluding diaryl/α,β-unsaturated/α-hetero) is 1. The molecular weight excluding hydrogens is 298 g/mol. The quantitative estimate of drug-likeness (QED) is 0.697. The van der Waals surface area contributed by atoms with Crippen LogP contribution >= 0.6 is 0 Å². The van der Waals surface area contributed by atoms with Crippen LogP contribution < -0.4 is 14.2 Å². The molecule has 6 nitrogen and oxygen atoms in total. The van der Waals surface area contributed by atoms with Crippen molar-refractivity contribution in [3.8, 4) is 17.2 Å². The minimum absolute atomic E-state index is 0.144. The minimum atomic E-state index is -0.144. The smallest absolute Gasteiger partial charge is 0.205 e. The summed E-state index contributed by atoms with van der Waals surface area (Å²) in [5, 5.41) is 0.703. The SMILES string of the molecule is CCOc1c(C(C)=O)c(OCCN(C)C)c(OC)c2occc12. The number of methoxy groups -OCH3 is 1. The molecule has 0 saturated carbocycles. The van der Waals surface area contributed by atoms with Gasteiger partial charge in [-0.15, -0.1) is 0 Å². The number of fused-ring (bicyclic) bond motifs is 1. The van der Waals surface area contributed by atoms with Crippen LogP contribution in [0.3, 0.4) is 0 Å². The molecule has 1 heterocycles. The average molecular weight is 321 g/mol. The van der Waals surface area contributed by atoms with Gasteiger partial charge in [0.2, 0.25) is 5.75 Å². The van der Waals surface area contributed by atoms with Gasteiger partial charge in [-0.1, -0.05) is 0 Å². The summed E-state index contributed by atoms with van der Waals surface area (Å²) in [6, 6.07) is 1.76. The Morgan fingerprint density at radius 1 is 1.22 bits per heavy atom. The number of benzene rings is 1. The van der Waals surface area contributed by atoms with Crippen LogP contribution in [0.15, 0.2) is 16.7 Å². The molecule has 6 heteroatoms. The Bertz CT molecular complexity index is 690. The van der Waals surface area contributed by atoms with Crippen molar-refractivity contribution in [2.75, 3.05) is 41.0 Å². The molecule has 2 aromatic rings. The average Bonchev–Trinajstić information content (AvgIpc) is 2.96. The van der Waals surface area contributed by atoms with Crippen LogP contribution in [0.2, 0.25) is 0 Å². The first-order valence-electron chi connectivity index (χ1n) is 7.53. The van der Waals surface area contributed by atoms with E-state index in [2.05, 4.69) is 0 Å². The largest absolute Gasteiger partial charge is 0.492 e. The summed E-state index contributed by atoms with van der Waals surface area (Å²) in [7, 11) is 5.43. The van der Waals surface area contributed by atoms with Crippen molar-refractivity contribution >= 4 is 16.8 Å². The lowest BCUT2D eigenvalue weighted by atomic mass is 10.0. The van der Waals surface area contributed by atoms with Gasteiger partial charge in [0.05, 0.1) is 25.4 Å². The highest BCUT2D eigenvalue weighted by molar-refractivity contribution is 6.08. The number of carbonyl (C=O) groups excluding carboxylic acids is 1. The molecule has 0 unspecified atom stereocenters. The second-order valence-corrected chi connectivity index (χ2v) is 5.37. The van der Waals surface area contributed by atoms with Crippen LogP contribution in [-0.4, -0.2) is 51.6 Å². The summed E-state index contributed by atoms with van der Waals surface area (Å²) in [5.74, 6) is 1.12. The Kier molecular flexibility index (Phi) is 5.50. The molecule has 0 spiro atoms. The molecule has 0 amide bonds. The van der Waals surface area contributed by atoms with E-state index in [9.17, 15) is 4.79 Å². The number of hydrogen-bond donors (Lipinski definition) is 0. The van der Waals surface area contributed by atoms with Gasteiger partial charge in [0, 0.05) is 6.54 Å². The summed E-state index contributed by atoms with van der Waals surface area (Å²) in [5.41, 5.74) is 0.900. The molecule has 0 radical (unpaired) electrons. The van der Waals surface area contributed by atoms with E-state index in [1.165, 1.54) is 14.0 Å². The highest BCUT2D eigenvalue weighted by atomic mass is 16.5. The van der Waals surface area contributed by atoms with Crippen molar-refractivity contribution in [3.63, 3.8) is 0 Å². The summed E-state index contributed by atoms with van der Waals surface area (Å²) in [6.07, 6.45) is 1.54. The van der Waals surface area contributed by atoms with Gasteiger partial charge < -0.3 is 23.5 Å². The fourth-order valence-electron chi connectivity index (χ4n) is 2.39. The topological polar surface area (TPSA) is 61.1 Å². The lowest BCUT2D eigenvalue weighted by Crippen LogP contribution is -2.20. The van der Waals surface area contributed by atoms with Crippen molar-refractivity contribution in [1.29, 1.82) is 0 Å². The molecular formula is C17H23NO5. The summed E-state index contributed by atoms with van der Waals surface area (Å²) < 4.78 is 22.6. The highest BCUT2D eigenvalue weighted by Crippen LogP contribution is 2.46. The number of carbonyl (C=O) groups is 1. The highest BCUT2D eigenvalue weighted by Gasteiger charge is 2.27. The van der Waals surface area contributed by atoms with E-state index in [4.69, 9.17) is 18.6 Å². The van der Waals surface area contributed by atoms with Crippen molar-refractivity contribution in [2.24, 2.45) is 0 Å². The maximum absolute atomic E-state index is 12.2. The maximum Gasteiger partial charge on any atom is 0.205 e. The van der Waals surface area contributed by atoms with E-state index in [0.717, 1.165) is 0 Å². The van der Waals surface area contributed by atoms with Crippen LogP contribution in [0.4, 0.5) is 0 Å². The van der Waals surface area contributed by atoms with E-state index < -0.39 is 0 Å². The number of ketones is 1. The van der Waals surface area contributed by atoms with Gasteiger partial charge in [-0.3, -0.25) is 4.79 Å². The van der Waals surface area contributed by atoms with Gasteiger partial charge in [-0.05, 0) is 34.0 Å². The van der Waals surface area contributed by atoms with E-state index in [1.807, 2.05) is 25.9 Å². The van der Waals surface area contributed by atoms with Crippen LogP contribution in [0.5, 0.6) is 17.2 Å². The normalized spacial score (nSPS) is 11.0. The van der Waals surface area contributed by atoms with Crippen molar-refractivity contribution < 1.29 is 23.4 Å². The summed E-state index contributed by atoms with van der Waals surface area (Å²) in [4.78, 5) is 14.2. The molecule has 0 N–H and O–H groups in total. The fraction of sp³-hybridized carbons (Fsp3) is 0.471. The van der Waals surface area contributed by atoms with Gasteiger partial charge in [0.15, 0.2) is 17.1 Å². The first-order valence-corrected chi connectivity index (χ1v) is 7.53. The molecule has 1 aromatic heterocycles. The first kappa shape index (κ1) is 17.1. The van der Waals surface area contributed by atoms with E-state index in [-0.39, 0.29) is 5.78 Å². The number of rotatable bonds is 8. The van der Waals surface area contributed by atoms with Crippen molar-refractivity contribution in [3.05, 3.63) is 17.9 Å². The standard InChI is InChI=1S/C17H23NO5/c1-6-21-14-12-7-9-22-15(12)17(20-5)16(13(14)11(2)19)23-10-8-18(3)4/h7,9H,6,8,10H2,1-5H3. The number of hydrogen-bond acceptors (Lipinski definition) is 6. The van der Waals surface area contributed by atoms with Crippen LogP contribution in [0.1, 0.15) is 24.2 Å². The molecule has 0 fully saturated rings. The fourth-order valence-corrected chi connectivity index (χ4v) is 2.39. The zero-order valence-corrected chi connectivity index (χ0v) is 14.3. The molecule has 2 rings (SSSR count). The molecule has 1 aromatic carbocycles. The lowest BCUT2D eigenvalue weighted by molar-refractivity contribution is 0.100. The predicted octanol–water partition coefficient (Wildman–Crippen LogP) is 2.98. The molecule has 0 atom stereocenters. The van der Waals surface area contributed by atoms with Gasteiger partial charge in [-0.25, -0.2) is 0 Å². The number of ether oxygens (including phenoxy) is 3. The summed E-state index contributed by atoms with van der Waals surface area (Å²) >= 11 is 0. The van der Waals surface area contributed by atoms with Gasteiger partial charge in [-0.2, -0.15) is 0 Å². The van der Waals surface area contributed by atoms with Gasteiger partial charge >= 0.3 is 0 Å². The number of likely N-dealkylation sites (N-methyl/N-ethyl adjacent to an activating group) is 1. The zero-order chi connectivity index (χ0) is 17.0. The monoisotopic (exact) mass is 321 g/mol. The Morgan fingerprint density at radius 2 is 1.96 bits per heavy atom. The Hall–Kier alpha value is -2.21. The van der Waals surface area contributed by atoms with Crippen molar-refractivity contribution in [1.82, 2.24) is 4.90 Å². The van der Waals surface area contributed by atoms with Crippen LogP contribution in [-0.2, 0) is 0 Å². The Morgan fingerprint density at radius 3 is 2.52 bits per heavy atom. The van der Waals surface area contributed by atoms with Gasteiger partial charge in [0.1, 0.15) is 17.9 Å².